The van der Waals surface area contributed by atoms with Crippen LogP contribution in [0.2, 0.25) is 0 Å². The lowest BCUT2D eigenvalue weighted by molar-refractivity contribution is -0.130. The van der Waals surface area contributed by atoms with E-state index in [0.717, 1.165) is 51.3 Å². The van der Waals surface area contributed by atoms with Crippen LogP contribution in [0.1, 0.15) is 67.7 Å². The summed E-state index contributed by atoms with van der Waals surface area (Å²) in [7, 11) is 0. The van der Waals surface area contributed by atoms with Crippen LogP contribution in [-0.4, -0.2) is 91.0 Å². The average Bonchev–Trinajstić information content (AvgIpc) is 3.25. The number of hydrogen-bond acceptors (Lipinski definition) is 5. The zero-order valence-electron chi connectivity index (χ0n) is 20.1. The summed E-state index contributed by atoms with van der Waals surface area (Å²) in [4.78, 5) is 22.0. The summed E-state index contributed by atoms with van der Waals surface area (Å²) >= 11 is 0. The summed E-state index contributed by atoms with van der Waals surface area (Å²) in [5.41, 5.74) is 0. The lowest BCUT2D eigenvalue weighted by atomic mass is 10.1. The van der Waals surface area contributed by atoms with Crippen LogP contribution < -0.4 is 0 Å². The van der Waals surface area contributed by atoms with Crippen LogP contribution in [-0.2, 0) is 9.53 Å². The molecule has 3 heterocycles. The van der Waals surface area contributed by atoms with E-state index in [4.69, 9.17) is 4.74 Å². The van der Waals surface area contributed by atoms with Crippen molar-refractivity contribution < 1.29 is 9.53 Å². The van der Waals surface area contributed by atoms with Gasteiger partial charge in [0.25, 0.3) is 0 Å². The highest BCUT2D eigenvalue weighted by Crippen LogP contribution is 2.11. The van der Waals surface area contributed by atoms with Gasteiger partial charge in [-0.15, -0.1) is 0 Å². The second-order valence-electron chi connectivity index (χ2n) is 9.05. The first-order valence-corrected chi connectivity index (χ1v) is 11.6. The van der Waals surface area contributed by atoms with E-state index in [1.54, 1.807) is 6.92 Å². The summed E-state index contributed by atoms with van der Waals surface area (Å²) in [6.07, 6.45) is 4.28. The predicted octanol–water partition coefficient (Wildman–Crippen LogP) is 3.51. The lowest BCUT2D eigenvalue weighted by Crippen LogP contribution is -2.50. The summed E-state index contributed by atoms with van der Waals surface area (Å²) in [5.74, 6) is 1.60. The Morgan fingerprint density at radius 1 is 0.828 bits per heavy atom. The maximum atomic E-state index is 11.0. The molecule has 0 N–H and O–H groups in total. The first-order valence-electron chi connectivity index (χ1n) is 11.6. The van der Waals surface area contributed by atoms with Gasteiger partial charge in [0.2, 0.25) is 5.91 Å². The number of amides is 1. The number of hydrogen-bond donors (Lipinski definition) is 0. The van der Waals surface area contributed by atoms with E-state index in [9.17, 15) is 4.79 Å². The van der Waals surface area contributed by atoms with Crippen molar-refractivity contribution >= 4 is 11.8 Å². The molecule has 0 unspecified atom stereocenters. The van der Waals surface area contributed by atoms with Crippen molar-refractivity contribution in [2.24, 2.45) is 10.9 Å². The molecule has 0 bridgehead atoms. The molecule has 3 aliphatic heterocycles. The third-order valence-corrected chi connectivity index (χ3v) is 5.71. The topological polar surface area (TPSA) is 48.4 Å². The molecule has 2 saturated heterocycles. The summed E-state index contributed by atoms with van der Waals surface area (Å²) in [6, 6.07) is 1.38. The Morgan fingerprint density at radius 2 is 1.34 bits per heavy atom. The van der Waals surface area contributed by atoms with Crippen molar-refractivity contribution in [1.82, 2.24) is 14.7 Å². The van der Waals surface area contributed by atoms with E-state index in [0.29, 0.717) is 12.0 Å². The second-order valence-corrected chi connectivity index (χ2v) is 9.05. The highest BCUT2D eigenvalue weighted by atomic mass is 16.5. The van der Waals surface area contributed by atoms with Gasteiger partial charge < -0.3 is 14.5 Å². The Kier molecular flexibility index (Phi) is 12.5. The number of piperazine rings is 1. The average molecular weight is 411 g/mol. The normalized spacial score (nSPS) is 20.6. The first kappa shape index (κ1) is 25.9. The van der Waals surface area contributed by atoms with E-state index in [-0.39, 0.29) is 5.91 Å². The molecule has 1 amide bonds. The van der Waals surface area contributed by atoms with Gasteiger partial charge in [-0.25, -0.2) is 0 Å². The van der Waals surface area contributed by atoms with Gasteiger partial charge in [0.05, 0.1) is 6.54 Å². The van der Waals surface area contributed by atoms with Crippen molar-refractivity contribution in [2.75, 3.05) is 52.4 Å². The number of carbonyl (C=O) groups is 1. The lowest BCUT2D eigenvalue weighted by Gasteiger charge is -2.36. The maximum absolute atomic E-state index is 11.0. The van der Waals surface area contributed by atoms with E-state index in [1.165, 1.54) is 32.4 Å². The van der Waals surface area contributed by atoms with Gasteiger partial charge in [0.15, 0.2) is 5.90 Å². The van der Waals surface area contributed by atoms with Crippen LogP contribution in [0.4, 0.5) is 0 Å². The Morgan fingerprint density at radius 3 is 1.66 bits per heavy atom. The third kappa shape index (κ3) is 10.4. The molecule has 2 fully saturated rings. The molecule has 0 saturated carbocycles. The summed E-state index contributed by atoms with van der Waals surface area (Å²) in [5, 5.41) is 0. The minimum atomic E-state index is 0.207. The number of rotatable bonds is 3. The molecule has 6 heteroatoms. The van der Waals surface area contributed by atoms with Crippen LogP contribution in [0.25, 0.3) is 0 Å². The standard InChI is InChI=1S/C9H18N2O.C8H17N.C6H11NO/c1-8(2)10-4-6-11(7-5-10)9(3)12;1-8(2)9-6-4-3-5-7-9;1-5(2)6-7-3-4-8-6/h8H,4-7H2,1-3H3;8H,3-7H2,1-2H3;5H,3-4H2,1-2H3. The number of piperidine rings is 1. The van der Waals surface area contributed by atoms with Crippen molar-refractivity contribution in [3.63, 3.8) is 0 Å². The Hall–Kier alpha value is -1.14. The number of carbonyl (C=O) groups excluding carboxylic acids is 1. The highest BCUT2D eigenvalue weighted by Gasteiger charge is 2.19. The molecular weight excluding hydrogens is 364 g/mol. The fourth-order valence-corrected chi connectivity index (χ4v) is 3.69. The van der Waals surface area contributed by atoms with E-state index in [2.05, 4.69) is 56.3 Å². The minimum Gasteiger partial charge on any atom is -0.479 e. The minimum absolute atomic E-state index is 0.207. The van der Waals surface area contributed by atoms with Crippen LogP contribution in [0.15, 0.2) is 4.99 Å². The molecule has 0 aromatic heterocycles. The Labute approximate surface area is 179 Å². The first-order chi connectivity index (χ1) is 13.7. The molecule has 0 atom stereocenters. The van der Waals surface area contributed by atoms with Gasteiger partial charge >= 0.3 is 0 Å². The van der Waals surface area contributed by atoms with Gasteiger partial charge in [0, 0.05) is 51.1 Å². The van der Waals surface area contributed by atoms with E-state index in [1.807, 2.05) is 4.90 Å². The number of ether oxygens (including phenoxy) is 1. The molecule has 0 spiro atoms. The van der Waals surface area contributed by atoms with Crippen molar-refractivity contribution in [1.29, 1.82) is 0 Å². The van der Waals surface area contributed by atoms with Crippen LogP contribution in [0.5, 0.6) is 0 Å². The van der Waals surface area contributed by atoms with Crippen LogP contribution >= 0.6 is 0 Å². The smallest absolute Gasteiger partial charge is 0.219 e. The molecule has 3 aliphatic rings. The molecule has 6 nitrogen and oxygen atoms in total. The van der Waals surface area contributed by atoms with Gasteiger partial charge in [-0.1, -0.05) is 20.3 Å². The largest absolute Gasteiger partial charge is 0.479 e. The van der Waals surface area contributed by atoms with Gasteiger partial charge in [-0.3, -0.25) is 14.7 Å². The zero-order chi connectivity index (χ0) is 21.8. The van der Waals surface area contributed by atoms with Gasteiger partial charge in [-0.2, -0.15) is 0 Å². The maximum Gasteiger partial charge on any atom is 0.219 e. The monoisotopic (exact) mass is 410 g/mol. The molecule has 3 rings (SSSR count). The molecule has 29 heavy (non-hydrogen) atoms. The van der Waals surface area contributed by atoms with E-state index < -0.39 is 0 Å². The van der Waals surface area contributed by atoms with Crippen molar-refractivity contribution in [3.8, 4) is 0 Å². The number of aliphatic imine (C=N–C) groups is 1. The Bertz CT molecular complexity index is 477. The Balaban J connectivity index is 0.000000223. The fraction of sp³-hybridized carbons (Fsp3) is 0.913. The van der Waals surface area contributed by atoms with E-state index >= 15 is 0 Å². The van der Waals surface area contributed by atoms with Crippen molar-refractivity contribution in [3.05, 3.63) is 0 Å². The molecule has 0 aromatic carbocycles. The third-order valence-electron chi connectivity index (χ3n) is 5.71. The molecule has 0 radical (unpaired) electrons. The van der Waals surface area contributed by atoms with Crippen LogP contribution in [0.3, 0.4) is 0 Å². The number of likely N-dealkylation sites (tertiary alicyclic amines) is 1. The van der Waals surface area contributed by atoms with Crippen molar-refractivity contribution in [2.45, 2.75) is 79.8 Å². The van der Waals surface area contributed by atoms with Gasteiger partial charge in [0.1, 0.15) is 6.61 Å². The highest BCUT2D eigenvalue weighted by molar-refractivity contribution is 5.79. The molecule has 0 aromatic rings. The molecular formula is C23H46N4O2. The molecule has 170 valence electrons. The fourth-order valence-electron chi connectivity index (χ4n) is 3.69. The van der Waals surface area contributed by atoms with Crippen LogP contribution in [0, 0.1) is 5.92 Å². The SMILES string of the molecule is CC(=O)N1CCN(C(C)C)CC1.CC(C)C1=NCCO1.CC(C)N1CCCCC1. The van der Waals surface area contributed by atoms with Gasteiger partial charge in [-0.05, 0) is 53.6 Å². The second kappa shape index (κ2) is 14.0. The molecule has 0 aliphatic carbocycles. The number of nitrogens with zero attached hydrogens (tertiary/aromatic N) is 4. The summed E-state index contributed by atoms with van der Waals surface area (Å²) in [6.45, 7) is 22.9. The predicted molar refractivity (Wildman–Crippen MR) is 123 cm³/mol. The quantitative estimate of drug-likeness (QED) is 0.714. The summed E-state index contributed by atoms with van der Waals surface area (Å²) < 4.78 is 5.16. The zero-order valence-corrected chi connectivity index (χ0v) is 20.1.